The van der Waals surface area contributed by atoms with E-state index in [2.05, 4.69) is 26.8 Å². The summed E-state index contributed by atoms with van der Waals surface area (Å²) in [6.07, 6.45) is 5.80. The molecule has 0 radical (unpaired) electrons. The van der Waals surface area contributed by atoms with Gasteiger partial charge in [-0.05, 0) is 39.0 Å². The van der Waals surface area contributed by atoms with E-state index < -0.39 is 0 Å². The Balaban J connectivity index is 3.54. The van der Waals surface area contributed by atoms with Crippen molar-refractivity contribution in [2.75, 3.05) is 19.8 Å². The van der Waals surface area contributed by atoms with Crippen molar-refractivity contribution in [3.05, 3.63) is 11.6 Å². The highest BCUT2D eigenvalue weighted by atomic mass is 32.2. The Kier molecular flexibility index (Phi) is 8.44. The number of hydrogen-bond donors (Lipinski definition) is 0. The number of allylic oxidation sites excluding steroid dienone is 2. The molecular weight excluding hydrogens is 218 g/mol. The van der Waals surface area contributed by atoms with Crippen LogP contribution in [0.4, 0.5) is 4.79 Å². The summed E-state index contributed by atoms with van der Waals surface area (Å²) in [5.41, 5.74) is 1.39. The highest BCUT2D eigenvalue weighted by Crippen LogP contribution is 2.16. The summed E-state index contributed by atoms with van der Waals surface area (Å²) in [5, 5.41) is 0.163. The Bertz CT molecular complexity index is 232. The Hall–Kier alpha value is -0.440. The minimum Gasteiger partial charge on any atom is -0.340 e. The van der Waals surface area contributed by atoms with Crippen molar-refractivity contribution in [2.24, 2.45) is 5.92 Å². The van der Waals surface area contributed by atoms with Gasteiger partial charge in [-0.3, -0.25) is 4.79 Å². The SMILES string of the molecule is CC(C)=CCCC(C)CCSC(=O)N(C)C. The van der Waals surface area contributed by atoms with E-state index in [0.717, 1.165) is 18.6 Å². The van der Waals surface area contributed by atoms with Crippen LogP contribution in [0, 0.1) is 5.92 Å². The molecule has 0 rings (SSSR count). The summed E-state index contributed by atoms with van der Waals surface area (Å²) in [6.45, 7) is 6.53. The maximum absolute atomic E-state index is 11.3. The molecular formula is C13H25NOS. The van der Waals surface area contributed by atoms with E-state index in [0.29, 0.717) is 5.92 Å². The molecule has 0 aliphatic carbocycles. The third kappa shape index (κ3) is 8.84. The summed E-state index contributed by atoms with van der Waals surface area (Å²) < 4.78 is 0. The molecule has 0 N–H and O–H groups in total. The van der Waals surface area contributed by atoms with E-state index in [1.54, 1.807) is 19.0 Å². The third-order valence-corrected chi connectivity index (χ3v) is 3.47. The maximum atomic E-state index is 11.3. The molecule has 2 nitrogen and oxygen atoms in total. The quantitative estimate of drug-likeness (QED) is 0.652. The van der Waals surface area contributed by atoms with Crippen LogP contribution in [-0.2, 0) is 0 Å². The Morgan fingerprint density at radius 3 is 2.44 bits per heavy atom. The lowest BCUT2D eigenvalue weighted by Gasteiger charge is -2.12. The van der Waals surface area contributed by atoms with E-state index in [1.807, 2.05) is 0 Å². The van der Waals surface area contributed by atoms with E-state index in [1.165, 1.54) is 23.8 Å². The maximum Gasteiger partial charge on any atom is 0.281 e. The van der Waals surface area contributed by atoms with Crippen LogP contribution in [0.1, 0.15) is 40.0 Å². The Morgan fingerprint density at radius 2 is 1.94 bits per heavy atom. The van der Waals surface area contributed by atoms with Crippen LogP contribution in [0.3, 0.4) is 0 Å². The molecule has 0 fully saturated rings. The first kappa shape index (κ1) is 15.6. The molecule has 0 saturated heterocycles. The van der Waals surface area contributed by atoms with Crippen LogP contribution in [-0.4, -0.2) is 30.0 Å². The monoisotopic (exact) mass is 243 g/mol. The van der Waals surface area contributed by atoms with Gasteiger partial charge in [-0.15, -0.1) is 0 Å². The zero-order valence-electron chi connectivity index (χ0n) is 11.2. The molecule has 0 bridgehead atoms. The fourth-order valence-electron chi connectivity index (χ4n) is 1.28. The minimum atomic E-state index is 0.163. The summed E-state index contributed by atoms with van der Waals surface area (Å²) in [7, 11) is 3.60. The molecule has 94 valence electrons. The number of rotatable bonds is 6. The van der Waals surface area contributed by atoms with Crippen molar-refractivity contribution >= 4 is 17.0 Å². The van der Waals surface area contributed by atoms with Crippen molar-refractivity contribution in [3.8, 4) is 0 Å². The number of thioether (sulfide) groups is 1. The fraction of sp³-hybridized carbons (Fsp3) is 0.769. The van der Waals surface area contributed by atoms with Gasteiger partial charge in [0.2, 0.25) is 0 Å². The van der Waals surface area contributed by atoms with Gasteiger partial charge in [0, 0.05) is 19.8 Å². The average molecular weight is 243 g/mol. The van der Waals surface area contributed by atoms with Gasteiger partial charge in [0.1, 0.15) is 0 Å². The van der Waals surface area contributed by atoms with E-state index in [-0.39, 0.29) is 5.24 Å². The summed E-state index contributed by atoms with van der Waals surface area (Å²) in [5.74, 6) is 1.64. The molecule has 0 spiro atoms. The lowest BCUT2D eigenvalue weighted by Crippen LogP contribution is -2.17. The first-order chi connectivity index (χ1) is 7.43. The van der Waals surface area contributed by atoms with Crippen molar-refractivity contribution in [1.29, 1.82) is 0 Å². The van der Waals surface area contributed by atoms with E-state index in [4.69, 9.17) is 0 Å². The fourth-order valence-corrected chi connectivity index (χ4v) is 2.23. The predicted octanol–water partition coefficient (Wildman–Crippen LogP) is 4.17. The standard InChI is InChI=1S/C13H25NOS/c1-11(2)7-6-8-12(3)9-10-16-13(15)14(4)5/h7,12H,6,8-10H2,1-5H3. The third-order valence-electron chi connectivity index (χ3n) is 2.41. The van der Waals surface area contributed by atoms with Crippen molar-refractivity contribution < 1.29 is 4.79 Å². The number of hydrogen-bond acceptors (Lipinski definition) is 2. The first-order valence-electron chi connectivity index (χ1n) is 5.91. The second kappa shape index (κ2) is 8.68. The summed E-state index contributed by atoms with van der Waals surface area (Å²) in [4.78, 5) is 12.9. The molecule has 0 aliphatic rings. The van der Waals surface area contributed by atoms with Gasteiger partial charge < -0.3 is 4.90 Å². The van der Waals surface area contributed by atoms with Crippen molar-refractivity contribution in [2.45, 2.75) is 40.0 Å². The zero-order chi connectivity index (χ0) is 12.6. The van der Waals surface area contributed by atoms with E-state index in [9.17, 15) is 4.79 Å². The Morgan fingerprint density at radius 1 is 1.31 bits per heavy atom. The highest BCUT2D eigenvalue weighted by Gasteiger charge is 2.06. The smallest absolute Gasteiger partial charge is 0.281 e. The summed E-state index contributed by atoms with van der Waals surface area (Å²) >= 11 is 1.42. The molecule has 0 aliphatic heterocycles. The average Bonchev–Trinajstić information content (AvgIpc) is 2.16. The lowest BCUT2D eigenvalue weighted by molar-refractivity contribution is 0.241. The van der Waals surface area contributed by atoms with Crippen LogP contribution < -0.4 is 0 Å². The second-order valence-corrected chi connectivity index (χ2v) is 5.81. The Labute approximate surface area is 104 Å². The number of amides is 1. The highest BCUT2D eigenvalue weighted by molar-refractivity contribution is 8.13. The van der Waals surface area contributed by atoms with Crippen LogP contribution in [0.2, 0.25) is 0 Å². The van der Waals surface area contributed by atoms with Crippen LogP contribution >= 0.6 is 11.8 Å². The molecule has 1 amide bonds. The summed E-state index contributed by atoms with van der Waals surface area (Å²) in [6, 6.07) is 0. The van der Waals surface area contributed by atoms with Gasteiger partial charge in [-0.1, -0.05) is 30.3 Å². The number of nitrogens with zero attached hydrogens (tertiary/aromatic N) is 1. The normalized spacial score (nSPS) is 12.1. The topological polar surface area (TPSA) is 20.3 Å². The van der Waals surface area contributed by atoms with Gasteiger partial charge in [0.05, 0.1) is 0 Å². The van der Waals surface area contributed by atoms with Crippen molar-refractivity contribution in [1.82, 2.24) is 4.90 Å². The molecule has 0 aromatic heterocycles. The van der Waals surface area contributed by atoms with Gasteiger partial charge in [0.25, 0.3) is 5.24 Å². The molecule has 0 aromatic carbocycles. The van der Waals surface area contributed by atoms with Crippen LogP contribution in [0.25, 0.3) is 0 Å². The van der Waals surface area contributed by atoms with Gasteiger partial charge in [-0.2, -0.15) is 0 Å². The second-order valence-electron chi connectivity index (χ2n) is 4.76. The largest absolute Gasteiger partial charge is 0.340 e. The molecule has 0 heterocycles. The zero-order valence-corrected chi connectivity index (χ0v) is 12.1. The number of carbonyl (C=O) groups excluding carboxylic acids is 1. The molecule has 1 unspecified atom stereocenters. The van der Waals surface area contributed by atoms with E-state index >= 15 is 0 Å². The molecule has 1 atom stereocenters. The van der Waals surface area contributed by atoms with Crippen molar-refractivity contribution in [3.63, 3.8) is 0 Å². The predicted molar refractivity (Wildman–Crippen MR) is 74.0 cm³/mol. The lowest BCUT2D eigenvalue weighted by atomic mass is 10.0. The number of carbonyl (C=O) groups is 1. The van der Waals surface area contributed by atoms with Gasteiger partial charge in [-0.25, -0.2) is 0 Å². The van der Waals surface area contributed by atoms with Gasteiger partial charge in [0.15, 0.2) is 0 Å². The molecule has 16 heavy (non-hydrogen) atoms. The molecule has 0 aromatic rings. The van der Waals surface area contributed by atoms with Crippen LogP contribution in [0.5, 0.6) is 0 Å². The van der Waals surface area contributed by atoms with Crippen LogP contribution in [0.15, 0.2) is 11.6 Å². The minimum absolute atomic E-state index is 0.163. The molecule has 3 heteroatoms. The molecule has 0 saturated carbocycles. The van der Waals surface area contributed by atoms with Gasteiger partial charge >= 0.3 is 0 Å². The first-order valence-corrected chi connectivity index (χ1v) is 6.89.